The van der Waals surface area contributed by atoms with Crippen molar-refractivity contribution in [1.29, 1.82) is 0 Å². The summed E-state index contributed by atoms with van der Waals surface area (Å²) in [7, 11) is 0. The molecular formula is C22H25N5O2S. The summed E-state index contributed by atoms with van der Waals surface area (Å²) in [6.45, 7) is 6.61. The minimum absolute atomic E-state index is 0.0794. The Morgan fingerprint density at radius 1 is 1.20 bits per heavy atom. The van der Waals surface area contributed by atoms with E-state index < -0.39 is 5.25 Å². The number of nitrogens with zero attached hydrogens (tertiary/aromatic N) is 3. The molecule has 2 aromatic carbocycles. The number of carbonyl (C=O) groups excluding carboxylic acids is 1. The van der Waals surface area contributed by atoms with Gasteiger partial charge in [-0.2, -0.15) is 0 Å². The number of aromatic nitrogens is 3. The number of rotatable bonds is 6. The Hall–Kier alpha value is -3.00. The zero-order chi connectivity index (χ0) is 21.1. The third-order valence-corrected chi connectivity index (χ3v) is 6.13. The highest BCUT2D eigenvalue weighted by molar-refractivity contribution is 8.00. The van der Waals surface area contributed by atoms with Crippen LogP contribution in [0.25, 0.3) is 0 Å². The van der Waals surface area contributed by atoms with Crippen molar-refractivity contribution in [3.63, 3.8) is 0 Å². The Labute approximate surface area is 180 Å². The summed E-state index contributed by atoms with van der Waals surface area (Å²) in [6, 6.07) is 15.4. The molecule has 0 unspecified atom stereocenters. The van der Waals surface area contributed by atoms with Crippen molar-refractivity contribution < 1.29 is 9.53 Å². The molecular weight excluding hydrogens is 398 g/mol. The molecule has 4 rings (SSSR count). The Morgan fingerprint density at radius 3 is 2.70 bits per heavy atom. The van der Waals surface area contributed by atoms with E-state index in [1.807, 2.05) is 74.0 Å². The Morgan fingerprint density at radius 2 is 2.00 bits per heavy atom. The first-order valence-corrected chi connectivity index (χ1v) is 10.9. The van der Waals surface area contributed by atoms with E-state index in [1.54, 1.807) is 0 Å². The van der Waals surface area contributed by atoms with Gasteiger partial charge < -0.3 is 15.5 Å². The van der Waals surface area contributed by atoms with Crippen LogP contribution in [0.3, 0.4) is 0 Å². The summed E-state index contributed by atoms with van der Waals surface area (Å²) in [4.78, 5) is 13.3. The van der Waals surface area contributed by atoms with Gasteiger partial charge >= 0.3 is 0 Å². The number of hydrogen-bond acceptors (Lipinski definition) is 6. The van der Waals surface area contributed by atoms with Crippen LogP contribution in [0, 0.1) is 6.92 Å². The van der Waals surface area contributed by atoms with Gasteiger partial charge in [-0.05, 0) is 49.2 Å². The summed E-state index contributed by atoms with van der Waals surface area (Å²) in [5.74, 6) is 1.57. The standard InChI is InChI=1S/C22H25N5O2S/c1-4-18-24-25-22-27(18)26-19(15-9-11-17(12-10-15)29-5-2)20(30-22)21(28)23-16-8-6-7-14(3)13-16/h6-13,19-20,26H,4-5H2,1-3H3,(H,23,28)/t19-,20-/m0/s1. The van der Waals surface area contributed by atoms with Crippen LogP contribution >= 0.6 is 11.8 Å². The maximum Gasteiger partial charge on any atom is 0.240 e. The largest absolute Gasteiger partial charge is 0.494 e. The molecule has 0 saturated carbocycles. The zero-order valence-electron chi connectivity index (χ0n) is 17.3. The molecule has 156 valence electrons. The van der Waals surface area contributed by atoms with Gasteiger partial charge in [-0.1, -0.05) is 43.0 Å². The van der Waals surface area contributed by atoms with Crippen molar-refractivity contribution in [2.45, 2.75) is 43.6 Å². The van der Waals surface area contributed by atoms with Gasteiger partial charge in [-0.3, -0.25) is 4.79 Å². The molecule has 1 amide bonds. The number of fused-ring (bicyclic) bond motifs is 1. The van der Waals surface area contributed by atoms with Crippen molar-refractivity contribution in [3.8, 4) is 5.75 Å². The number of amides is 1. The van der Waals surface area contributed by atoms with Crippen LogP contribution < -0.4 is 15.5 Å². The second-order valence-corrected chi connectivity index (χ2v) is 8.20. The fourth-order valence-corrected chi connectivity index (χ4v) is 4.55. The molecule has 1 aliphatic rings. The Balaban J connectivity index is 1.65. The maximum absolute atomic E-state index is 13.3. The third-order valence-electron chi connectivity index (χ3n) is 4.91. The summed E-state index contributed by atoms with van der Waals surface area (Å²) < 4.78 is 7.45. The first-order valence-electron chi connectivity index (χ1n) is 10.1. The molecule has 2 atom stereocenters. The monoisotopic (exact) mass is 423 g/mol. The summed E-state index contributed by atoms with van der Waals surface area (Å²) in [5, 5.41) is 11.8. The highest BCUT2D eigenvalue weighted by Crippen LogP contribution is 2.38. The molecule has 0 aliphatic carbocycles. The molecule has 1 aliphatic heterocycles. The predicted octanol–water partition coefficient (Wildman–Crippen LogP) is 3.95. The van der Waals surface area contributed by atoms with E-state index >= 15 is 0 Å². The summed E-state index contributed by atoms with van der Waals surface area (Å²) in [6.07, 6.45) is 0.747. The second-order valence-electron chi connectivity index (χ2n) is 7.09. The van der Waals surface area contributed by atoms with Crippen LogP contribution in [-0.2, 0) is 11.2 Å². The molecule has 0 spiro atoms. The minimum atomic E-state index is -0.412. The highest BCUT2D eigenvalue weighted by atomic mass is 32.2. The smallest absolute Gasteiger partial charge is 0.240 e. The van der Waals surface area contributed by atoms with Crippen LogP contribution in [0.15, 0.2) is 53.7 Å². The van der Waals surface area contributed by atoms with Crippen molar-refractivity contribution in [2.24, 2.45) is 0 Å². The molecule has 2 heterocycles. The fourth-order valence-electron chi connectivity index (χ4n) is 3.45. The van der Waals surface area contributed by atoms with Crippen molar-refractivity contribution in [1.82, 2.24) is 14.9 Å². The predicted molar refractivity (Wildman–Crippen MR) is 119 cm³/mol. The molecule has 0 radical (unpaired) electrons. The van der Waals surface area contributed by atoms with Crippen molar-refractivity contribution in [3.05, 3.63) is 65.5 Å². The number of carbonyl (C=O) groups is 1. The maximum atomic E-state index is 13.3. The number of hydrogen-bond donors (Lipinski definition) is 2. The van der Waals surface area contributed by atoms with Gasteiger partial charge in [0.05, 0.1) is 12.6 Å². The molecule has 0 bridgehead atoms. The van der Waals surface area contributed by atoms with E-state index in [1.165, 1.54) is 11.8 Å². The molecule has 3 aromatic rings. The molecule has 30 heavy (non-hydrogen) atoms. The van der Waals surface area contributed by atoms with E-state index in [4.69, 9.17) is 4.74 Å². The second kappa shape index (κ2) is 8.79. The first kappa shape index (κ1) is 20.3. The van der Waals surface area contributed by atoms with Crippen molar-refractivity contribution >= 4 is 23.4 Å². The van der Waals surface area contributed by atoms with E-state index in [0.29, 0.717) is 11.8 Å². The van der Waals surface area contributed by atoms with Gasteiger partial charge in [0.25, 0.3) is 0 Å². The van der Waals surface area contributed by atoms with Crippen LogP contribution in [0.5, 0.6) is 5.75 Å². The van der Waals surface area contributed by atoms with Gasteiger partial charge in [0.2, 0.25) is 11.1 Å². The molecule has 1 aromatic heterocycles. The lowest BCUT2D eigenvalue weighted by molar-refractivity contribution is -0.116. The van der Waals surface area contributed by atoms with Gasteiger partial charge in [0, 0.05) is 12.1 Å². The lowest BCUT2D eigenvalue weighted by atomic mass is 10.0. The number of anilines is 1. The highest BCUT2D eigenvalue weighted by Gasteiger charge is 2.37. The van der Waals surface area contributed by atoms with Gasteiger partial charge in [-0.15, -0.1) is 10.2 Å². The number of thioether (sulfide) groups is 1. The quantitative estimate of drug-likeness (QED) is 0.625. The van der Waals surface area contributed by atoms with Crippen LogP contribution in [0.1, 0.15) is 36.8 Å². The van der Waals surface area contributed by atoms with E-state index in [0.717, 1.165) is 34.8 Å². The average molecular weight is 424 g/mol. The fraction of sp³-hybridized carbons (Fsp3) is 0.318. The zero-order valence-corrected chi connectivity index (χ0v) is 18.1. The topological polar surface area (TPSA) is 81.1 Å². The van der Waals surface area contributed by atoms with Crippen LogP contribution in [-0.4, -0.2) is 32.6 Å². The number of aryl methyl sites for hydroxylation is 2. The third kappa shape index (κ3) is 4.14. The molecule has 2 N–H and O–H groups in total. The molecule has 8 heteroatoms. The van der Waals surface area contributed by atoms with E-state index in [-0.39, 0.29) is 11.9 Å². The molecule has 0 saturated heterocycles. The van der Waals surface area contributed by atoms with Crippen LogP contribution in [0.4, 0.5) is 5.69 Å². The number of benzene rings is 2. The van der Waals surface area contributed by atoms with E-state index in [2.05, 4.69) is 20.9 Å². The average Bonchev–Trinajstić information content (AvgIpc) is 3.16. The summed E-state index contributed by atoms with van der Waals surface area (Å²) >= 11 is 1.43. The Bertz CT molecular complexity index is 1030. The lowest BCUT2D eigenvalue weighted by Crippen LogP contribution is -2.41. The number of nitrogens with one attached hydrogen (secondary N) is 2. The minimum Gasteiger partial charge on any atom is -0.494 e. The molecule has 7 nitrogen and oxygen atoms in total. The van der Waals surface area contributed by atoms with Crippen molar-refractivity contribution in [2.75, 3.05) is 17.3 Å². The summed E-state index contributed by atoms with van der Waals surface area (Å²) in [5.41, 5.74) is 6.34. The first-order chi connectivity index (χ1) is 14.6. The van der Waals surface area contributed by atoms with Gasteiger partial charge in [0.1, 0.15) is 11.0 Å². The SMILES string of the molecule is CCOc1ccc([C@@H]2Nn3c(CC)nnc3S[C@@H]2C(=O)Nc2cccc(C)c2)cc1. The van der Waals surface area contributed by atoms with Gasteiger partial charge in [-0.25, -0.2) is 4.68 Å². The number of ether oxygens (including phenoxy) is 1. The van der Waals surface area contributed by atoms with E-state index in [9.17, 15) is 4.79 Å². The molecule has 0 fully saturated rings. The normalized spacial score (nSPS) is 17.7. The van der Waals surface area contributed by atoms with Gasteiger partial charge in [0.15, 0.2) is 5.82 Å². The Kier molecular flexibility index (Phi) is 5.94. The van der Waals surface area contributed by atoms with Crippen LogP contribution in [0.2, 0.25) is 0 Å². The lowest BCUT2D eigenvalue weighted by Gasteiger charge is -2.33.